The van der Waals surface area contributed by atoms with Crippen molar-refractivity contribution >= 4 is 11.8 Å². The van der Waals surface area contributed by atoms with Gasteiger partial charge in [-0.2, -0.15) is 0 Å². The van der Waals surface area contributed by atoms with Gasteiger partial charge in [-0.05, 0) is 36.0 Å². The molecule has 1 heterocycles. The van der Waals surface area contributed by atoms with Crippen LogP contribution in [0.2, 0.25) is 0 Å². The number of nitrogens with zero attached hydrogens (tertiary/aromatic N) is 1. The highest BCUT2D eigenvalue weighted by Crippen LogP contribution is 2.22. The Morgan fingerprint density at radius 3 is 2.25 bits per heavy atom. The highest BCUT2D eigenvalue weighted by Gasteiger charge is 2.15. The molecule has 1 fully saturated rings. The Kier molecular flexibility index (Phi) is 6.37. The van der Waals surface area contributed by atoms with Crippen molar-refractivity contribution < 1.29 is 9.59 Å². The maximum absolute atomic E-state index is 12.1. The Hall–Kier alpha value is -1.88. The highest BCUT2D eigenvalue weighted by atomic mass is 16.2. The number of carbonyl (C=O) groups is 2. The smallest absolute Gasteiger partial charge is 0.251 e. The van der Waals surface area contributed by atoms with Crippen molar-refractivity contribution in [2.75, 3.05) is 19.6 Å². The fourth-order valence-electron chi connectivity index (χ4n) is 2.75. The maximum Gasteiger partial charge on any atom is 0.251 e. The van der Waals surface area contributed by atoms with Crippen LogP contribution in [-0.2, 0) is 10.2 Å². The van der Waals surface area contributed by atoms with Crippen LogP contribution in [0.4, 0.5) is 0 Å². The van der Waals surface area contributed by atoms with Crippen molar-refractivity contribution in [1.29, 1.82) is 0 Å². The third-order valence-corrected chi connectivity index (χ3v) is 4.29. The third-order valence-electron chi connectivity index (χ3n) is 4.29. The summed E-state index contributed by atoms with van der Waals surface area (Å²) in [6.45, 7) is 8.60. The summed E-state index contributed by atoms with van der Waals surface area (Å²) in [5.74, 6) is -0.179. The van der Waals surface area contributed by atoms with Crippen LogP contribution in [0.1, 0.15) is 62.4 Å². The third kappa shape index (κ3) is 5.64. The molecule has 2 rings (SSSR count). The Labute approximate surface area is 144 Å². The van der Waals surface area contributed by atoms with Crippen LogP contribution in [-0.4, -0.2) is 36.5 Å². The van der Waals surface area contributed by atoms with Gasteiger partial charge < -0.3 is 5.32 Å². The van der Waals surface area contributed by atoms with Crippen molar-refractivity contribution in [1.82, 2.24) is 15.8 Å². The first-order valence-electron chi connectivity index (χ1n) is 8.79. The van der Waals surface area contributed by atoms with E-state index >= 15 is 0 Å². The minimum atomic E-state index is -0.138. The molecule has 0 spiro atoms. The summed E-state index contributed by atoms with van der Waals surface area (Å²) in [5.41, 5.74) is 4.79. The van der Waals surface area contributed by atoms with E-state index in [0.717, 1.165) is 25.9 Å². The van der Waals surface area contributed by atoms with Gasteiger partial charge in [-0.15, -0.1) is 0 Å². The van der Waals surface area contributed by atoms with Crippen molar-refractivity contribution in [3.8, 4) is 0 Å². The molecule has 0 bridgehead atoms. The van der Waals surface area contributed by atoms with Crippen molar-refractivity contribution in [3.05, 3.63) is 35.4 Å². The molecule has 5 nitrogen and oxygen atoms in total. The lowest BCUT2D eigenvalue weighted by atomic mass is 9.87. The normalized spacial score (nSPS) is 15.8. The lowest BCUT2D eigenvalue weighted by molar-refractivity contribution is -0.126. The molecule has 1 aliphatic heterocycles. The van der Waals surface area contributed by atoms with E-state index in [-0.39, 0.29) is 17.2 Å². The first-order chi connectivity index (χ1) is 11.4. The van der Waals surface area contributed by atoms with E-state index in [0.29, 0.717) is 18.5 Å². The number of piperidine rings is 1. The van der Waals surface area contributed by atoms with Crippen LogP contribution in [0.3, 0.4) is 0 Å². The van der Waals surface area contributed by atoms with Gasteiger partial charge in [0, 0.05) is 31.6 Å². The molecule has 132 valence electrons. The average molecular weight is 331 g/mol. The number of amides is 2. The zero-order chi connectivity index (χ0) is 17.6. The largest absolute Gasteiger partial charge is 0.352 e. The summed E-state index contributed by atoms with van der Waals surface area (Å²) in [5, 5.41) is 4.78. The van der Waals surface area contributed by atoms with Crippen molar-refractivity contribution in [2.24, 2.45) is 0 Å². The van der Waals surface area contributed by atoms with E-state index in [1.54, 1.807) is 0 Å². The molecular formula is C19H29N3O2. The van der Waals surface area contributed by atoms with E-state index < -0.39 is 0 Å². The fraction of sp³-hybridized carbons (Fsp3) is 0.579. The van der Waals surface area contributed by atoms with Gasteiger partial charge >= 0.3 is 0 Å². The summed E-state index contributed by atoms with van der Waals surface area (Å²) in [6, 6.07) is 7.64. The lowest BCUT2D eigenvalue weighted by Gasteiger charge is -2.26. The standard InChI is InChI=1S/C19H29N3O2/c1-19(2,3)16-9-7-15(8-10-16)18(24)20-12-11-17(23)21-22-13-5-4-6-14-22/h7-10H,4-6,11-14H2,1-3H3,(H,20,24)(H,21,23). The molecule has 0 aromatic heterocycles. The number of benzene rings is 1. The Morgan fingerprint density at radius 2 is 1.67 bits per heavy atom. The van der Waals surface area contributed by atoms with Gasteiger partial charge in [0.15, 0.2) is 0 Å². The molecule has 0 atom stereocenters. The second-order valence-corrected chi connectivity index (χ2v) is 7.42. The van der Waals surface area contributed by atoms with Gasteiger partial charge in [0.05, 0.1) is 0 Å². The molecule has 1 aromatic carbocycles. The number of hydrogen-bond acceptors (Lipinski definition) is 3. The van der Waals surface area contributed by atoms with E-state index in [1.807, 2.05) is 29.3 Å². The van der Waals surface area contributed by atoms with E-state index in [2.05, 4.69) is 31.5 Å². The SMILES string of the molecule is CC(C)(C)c1ccc(C(=O)NCCC(=O)NN2CCCCC2)cc1. The van der Waals surface area contributed by atoms with Gasteiger partial charge in [-0.25, -0.2) is 5.01 Å². The van der Waals surface area contributed by atoms with Crippen LogP contribution in [0, 0.1) is 0 Å². The molecule has 1 aliphatic rings. The van der Waals surface area contributed by atoms with Crippen LogP contribution < -0.4 is 10.7 Å². The van der Waals surface area contributed by atoms with Crippen molar-refractivity contribution in [3.63, 3.8) is 0 Å². The molecule has 1 aromatic rings. The average Bonchev–Trinajstić information content (AvgIpc) is 2.55. The van der Waals surface area contributed by atoms with Crippen LogP contribution in [0.5, 0.6) is 0 Å². The minimum absolute atomic E-state index is 0.0414. The maximum atomic E-state index is 12.1. The quantitative estimate of drug-likeness (QED) is 0.872. The van der Waals surface area contributed by atoms with Gasteiger partial charge in [-0.1, -0.05) is 39.3 Å². The van der Waals surface area contributed by atoms with E-state index in [4.69, 9.17) is 0 Å². The first-order valence-corrected chi connectivity index (χ1v) is 8.79. The number of rotatable bonds is 5. The predicted molar refractivity (Wildman–Crippen MR) is 95.7 cm³/mol. The van der Waals surface area contributed by atoms with Gasteiger partial charge in [0.1, 0.15) is 0 Å². The number of carbonyl (C=O) groups excluding carboxylic acids is 2. The molecule has 0 saturated carbocycles. The molecule has 0 radical (unpaired) electrons. The Morgan fingerprint density at radius 1 is 1.04 bits per heavy atom. The van der Waals surface area contributed by atoms with Gasteiger partial charge in [0.2, 0.25) is 5.91 Å². The van der Waals surface area contributed by atoms with Crippen LogP contribution in [0.25, 0.3) is 0 Å². The molecule has 5 heteroatoms. The molecule has 0 aliphatic carbocycles. The molecule has 2 amide bonds. The molecule has 2 N–H and O–H groups in total. The zero-order valence-electron chi connectivity index (χ0n) is 15.0. The second kappa shape index (κ2) is 8.29. The monoisotopic (exact) mass is 331 g/mol. The Bertz CT molecular complexity index is 555. The number of hydrazine groups is 1. The zero-order valence-corrected chi connectivity index (χ0v) is 15.0. The first kappa shape index (κ1) is 18.5. The summed E-state index contributed by atoms with van der Waals surface area (Å²) < 4.78 is 0. The van der Waals surface area contributed by atoms with Gasteiger partial charge in [-0.3, -0.25) is 15.0 Å². The van der Waals surface area contributed by atoms with Crippen LogP contribution in [0.15, 0.2) is 24.3 Å². The lowest BCUT2D eigenvalue weighted by Crippen LogP contribution is -2.45. The summed E-state index contributed by atoms with van der Waals surface area (Å²) >= 11 is 0. The topological polar surface area (TPSA) is 61.4 Å². The van der Waals surface area contributed by atoms with E-state index in [9.17, 15) is 9.59 Å². The van der Waals surface area contributed by atoms with Gasteiger partial charge in [0.25, 0.3) is 5.91 Å². The molecule has 0 unspecified atom stereocenters. The molecular weight excluding hydrogens is 302 g/mol. The number of nitrogens with one attached hydrogen (secondary N) is 2. The predicted octanol–water partition coefficient (Wildman–Crippen LogP) is 2.62. The summed E-state index contributed by atoms with van der Waals surface area (Å²) in [6.07, 6.45) is 3.78. The van der Waals surface area contributed by atoms with Crippen molar-refractivity contribution in [2.45, 2.75) is 51.9 Å². The molecule has 24 heavy (non-hydrogen) atoms. The Balaban J connectivity index is 1.73. The number of hydrogen-bond donors (Lipinski definition) is 2. The molecule has 1 saturated heterocycles. The highest BCUT2D eigenvalue weighted by molar-refractivity contribution is 5.94. The summed E-state index contributed by atoms with van der Waals surface area (Å²) in [4.78, 5) is 24.0. The minimum Gasteiger partial charge on any atom is -0.352 e. The van der Waals surface area contributed by atoms with E-state index in [1.165, 1.54) is 12.0 Å². The second-order valence-electron chi connectivity index (χ2n) is 7.42. The summed E-state index contributed by atoms with van der Waals surface area (Å²) in [7, 11) is 0. The van der Waals surface area contributed by atoms with Crippen LogP contribution >= 0.6 is 0 Å². The fourth-order valence-corrected chi connectivity index (χ4v) is 2.75.